The number of anilines is 1. The normalized spacial score (nSPS) is 17.2. The van der Waals surface area contributed by atoms with E-state index >= 15 is 4.39 Å². The fraction of sp³-hybridized carbons (Fsp3) is 0.241. The van der Waals surface area contributed by atoms with E-state index in [4.69, 9.17) is 11.6 Å². The van der Waals surface area contributed by atoms with Crippen LogP contribution in [0, 0.1) is 11.7 Å². The van der Waals surface area contributed by atoms with Crippen molar-refractivity contribution in [2.75, 3.05) is 5.32 Å². The molecule has 6 rings (SSSR count). The average Bonchev–Trinajstić information content (AvgIpc) is 3.67. The lowest BCUT2D eigenvalue weighted by Gasteiger charge is -2.22. The first-order valence-electron chi connectivity index (χ1n) is 13.3. The van der Waals surface area contributed by atoms with Crippen LogP contribution in [0.15, 0.2) is 64.7 Å². The van der Waals surface area contributed by atoms with Crippen molar-refractivity contribution in [3.63, 3.8) is 0 Å². The Hall–Kier alpha value is -4.36. The molecule has 0 spiro atoms. The number of thiazole rings is 1. The van der Waals surface area contributed by atoms with E-state index in [0.29, 0.717) is 46.5 Å². The molecule has 2 bridgehead atoms. The molecule has 220 valence electrons. The summed E-state index contributed by atoms with van der Waals surface area (Å²) in [6.45, 7) is -1.22. The SMILES string of the molecule is CC1CCCC(n2cnc(-c3c(-c4cscn4)ccc(Cl)c3F)cc2=O)c2cc(ccn2)-c2c(cnn2C(F)F)NC1=O. The molecule has 1 aliphatic rings. The molecule has 0 radical (unpaired) electrons. The molecule has 1 N–H and O–H groups in total. The molecule has 5 heterocycles. The summed E-state index contributed by atoms with van der Waals surface area (Å²) < 4.78 is 45.1. The van der Waals surface area contributed by atoms with Gasteiger partial charge in [-0.3, -0.25) is 19.1 Å². The quantitative estimate of drug-likeness (QED) is 0.235. The number of hydrogen-bond acceptors (Lipinski definition) is 7. The van der Waals surface area contributed by atoms with E-state index in [1.165, 1.54) is 52.8 Å². The molecule has 0 aliphatic carbocycles. The van der Waals surface area contributed by atoms with Crippen molar-refractivity contribution >= 4 is 34.5 Å². The van der Waals surface area contributed by atoms with Crippen LogP contribution in [0.3, 0.4) is 0 Å². The molecule has 0 fully saturated rings. The maximum atomic E-state index is 15.4. The van der Waals surface area contributed by atoms with Crippen molar-refractivity contribution in [1.82, 2.24) is 29.3 Å². The minimum Gasteiger partial charge on any atom is -0.323 e. The Balaban J connectivity index is 1.47. The topological polar surface area (TPSA) is 108 Å². The summed E-state index contributed by atoms with van der Waals surface area (Å²) in [5.41, 5.74) is 3.14. The molecule has 9 nitrogen and oxygen atoms in total. The summed E-state index contributed by atoms with van der Waals surface area (Å²) in [6.07, 6.45) is 5.36. The number of benzene rings is 1. The number of hydrogen-bond donors (Lipinski definition) is 1. The maximum absolute atomic E-state index is 15.4. The molecular formula is C29H23ClF3N7O2S. The third-order valence-corrected chi connectivity index (χ3v) is 8.31. The van der Waals surface area contributed by atoms with E-state index in [1.807, 2.05) is 0 Å². The summed E-state index contributed by atoms with van der Waals surface area (Å²) in [4.78, 5) is 39.7. The number of nitrogens with one attached hydrogen (secondary N) is 1. The van der Waals surface area contributed by atoms with E-state index in [2.05, 4.69) is 25.4 Å². The highest BCUT2D eigenvalue weighted by Gasteiger charge is 2.26. The minimum atomic E-state index is -2.96. The lowest BCUT2D eigenvalue weighted by molar-refractivity contribution is -0.119. The van der Waals surface area contributed by atoms with Crippen LogP contribution < -0.4 is 10.9 Å². The Labute approximate surface area is 252 Å². The van der Waals surface area contributed by atoms with Crippen molar-refractivity contribution in [1.29, 1.82) is 0 Å². The highest BCUT2D eigenvalue weighted by atomic mass is 35.5. The van der Waals surface area contributed by atoms with E-state index < -0.39 is 29.9 Å². The van der Waals surface area contributed by atoms with Crippen LogP contribution in [0.4, 0.5) is 18.9 Å². The molecule has 5 aromatic rings. The van der Waals surface area contributed by atoms with E-state index in [9.17, 15) is 18.4 Å². The fourth-order valence-corrected chi connectivity index (χ4v) is 5.95. The Morgan fingerprint density at radius 3 is 2.67 bits per heavy atom. The number of fused-ring (bicyclic) bond motifs is 4. The van der Waals surface area contributed by atoms with Crippen LogP contribution in [0.5, 0.6) is 0 Å². The monoisotopic (exact) mass is 625 g/mol. The zero-order valence-corrected chi connectivity index (χ0v) is 24.1. The number of carbonyl (C=O) groups is 1. The van der Waals surface area contributed by atoms with Gasteiger partial charge in [0, 0.05) is 40.3 Å². The number of alkyl halides is 2. The molecular weight excluding hydrogens is 603 g/mol. The molecule has 43 heavy (non-hydrogen) atoms. The summed E-state index contributed by atoms with van der Waals surface area (Å²) in [6, 6.07) is 6.75. The van der Waals surface area contributed by atoms with Gasteiger partial charge in [-0.2, -0.15) is 13.9 Å². The molecule has 1 aromatic carbocycles. The van der Waals surface area contributed by atoms with Crippen molar-refractivity contribution < 1.29 is 18.0 Å². The smallest absolute Gasteiger partial charge is 0.323 e. The number of pyridine rings is 1. The lowest BCUT2D eigenvalue weighted by Crippen LogP contribution is -2.27. The first-order valence-corrected chi connectivity index (χ1v) is 14.6. The second-order valence-electron chi connectivity index (χ2n) is 10.1. The highest BCUT2D eigenvalue weighted by molar-refractivity contribution is 7.07. The van der Waals surface area contributed by atoms with Gasteiger partial charge in [0.2, 0.25) is 5.91 Å². The Kier molecular flexibility index (Phi) is 7.84. The third kappa shape index (κ3) is 5.45. The maximum Gasteiger partial charge on any atom is 0.333 e. The molecule has 1 aliphatic heterocycles. The van der Waals surface area contributed by atoms with Gasteiger partial charge in [0.15, 0.2) is 5.82 Å². The van der Waals surface area contributed by atoms with Crippen molar-refractivity contribution in [2.24, 2.45) is 5.92 Å². The largest absolute Gasteiger partial charge is 0.333 e. The first-order chi connectivity index (χ1) is 20.7. The average molecular weight is 626 g/mol. The Bertz CT molecular complexity index is 1880. The molecule has 1 amide bonds. The third-order valence-electron chi connectivity index (χ3n) is 7.43. The number of amides is 1. The van der Waals surface area contributed by atoms with Crippen LogP contribution in [-0.2, 0) is 4.79 Å². The second kappa shape index (κ2) is 11.7. The van der Waals surface area contributed by atoms with Crippen LogP contribution in [0.2, 0.25) is 5.02 Å². The minimum absolute atomic E-state index is 0.0188. The highest BCUT2D eigenvalue weighted by Crippen LogP contribution is 2.37. The number of rotatable bonds is 4. The molecule has 14 heteroatoms. The van der Waals surface area contributed by atoms with Gasteiger partial charge in [0.05, 0.1) is 57.6 Å². The number of carbonyl (C=O) groups excluding carboxylic acids is 1. The number of halogens is 4. The van der Waals surface area contributed by atoms with Crippen LogP contribution >= 0.6 is 22.9 Å². The van der Waals surface area contributed by atoms with Gasteiger partial charge in [-0.25, -0.2) is 19.0 Å². The molecule has 2 unspecified atom stereocenters. The van der Waals surface area contributed by atoms with Gasteiger partial charge in [-0.1, -0.05) is 31.0 Å². The predicted molar refractivity (Wildman–Crippen MR) is 157 cm³/mol. The van der Waals surface area contributed by atoms with Gasteiger partial charge < -0.3 is 5.32 Å². The molecule has 0 saturated heterocycles. The first kappa shape index (κ1) is 28.7. The van der Waals surface area contributed by atoms with E-state index in [0.717, 1.165) is 0 Å². The number of aromatic nitrogens is 6. The van der Waals surface area contributed by atoms with Crippen LogP contribution in [-0.4, -0.2) is 35.2 Å². The summed E-state index contributed by atoms with van der Waals surface area (Å²) in [5.74, 6) is -1.50. The number of nitrogens with zero attached hydrogens (tertiary/aromatic N) is 6. The Morgan fingerprint density at radius 2 is 1.93 bits per heavy atom. The van der Waals surface area contributed by atoms with Crippen molar-refractivity contribution in [3.8, 4) is 33.8 Å². The van der Waals surface area contributed by atoms with Gasteiger partial charge in [0.25, 0.3) is 5.56 Å². The van der Waals surface area contributed by atoms with Crippen LogP contribution in [0.1, 0.15) is 44.5 Å². The fourth-order valence-electron chi connectivity index (χ4n) is 5.24. The molecule has 0 saturated carbocycles. The van der Waals surface area contributed by atoms with Crippen molar-refractivity contribution in [2.45, 2.75) is 38.8 Å². The molecule has 4 aromatic heterocycles. The summed E-state index contributed by atoms with van der Waals surface area (Å²) >= 11 is 7.44. The summed E-state index contributed by atoms with van der Waals surface area (Å²) in [7, 11) is 0. The van der Waals surface area contributed by atoms with Crippen LogP contribution in [0.25, 0.3) is 33.8 Å². The lowest BCUT2D eigenvalue weighted by atomic mass is 9.97. The van der Waals surface area contributed by atoms with Crippen molar-refractivity contribution in [3.05, 3.63) is 86.8 Å². The van der Waals surface area contributed by atoms with Gasteiger partial charge in [0.1, 0.15) is 0 Å². The zero-order valence-electron chi connectivity index (χ0n) is 22.5. The van der Waals surface area contributed by atoms with Gasteiger partial charge in [-0.05, 0) is 31.0 Å². The van der Waals surface area contributed by atoms with Gasteiger partial charge >= 0.3 is 6.55 Å². The van der Waals surface area contributed by atoms with E-state index in [-0.39, 0.29) is 33.6 Å². The predicted octanol–water partition coefficient (Wildman–Crippen LogP) is 6.83. The van der Waals surface area contributed by atoms with Gasteiger partial charge in [-0.15, -0.1) is 11.3 Å². The summed E-state index contributed by atoms with van der Waals surface area (Å²) in [5, 5.41) is 8.15. The standard InChI is InChI=1S/C29H23ClF3N7O2S/c1-15-3-2-4-23(19-9-16(7-8-34-19)27-21(38-28(15)42)11-37-40(27)29(32)33)39-13-35-20(10-24(39)41)25-17(22-12-43-14-36-22)5-6-18(30)26(25)31/h5-15,23,29H,2-4H2,1H3,(H,38,42). The molecule has 2 atom stereocenters. The van der Waals surface area contributed by atoms with E-state index in [1.54, 1.807) is 29.9 Å². The second-order valence-corrected chi connectivity index (χ2v) is 11.2. The Morgan fingerprint density at radius 1 is 1.09 bits per heavy atom. The zero-order chi connectivity index (χ0) is 30.2.